The van der Waals surface area contributed by atoms with Crippen LogP contribution in [0.25, 0.3) is 10.4 Å². The Bertz CT molecular complexity index is 910. The lowest BCUT2D eigenvalue weighted by atomic mass is 9.80. The first-order chi connectivity index (χ1) is 13.7. The zero-order valence-electron chi connectivity index (χ0n) is 16.8. The number of anilines is 1. The Hall–Kier alpha value is -2.25. The van der Waals surface area contributed by atoms with E-state index < -0.39 is 23.8 Å². The van der Waals surface area contributed by atoms with Crippen molar-refractivity contribution in [2.45, 2.75) is 52.2 Å². The molecule has 7 heteroatoms. The average Bonchev–Trinajstić information content (AvgIpc) is 3.06. The number of rotatable bonds is 5. The van der Waals surface area contributed by atoms with Gasteiger partial charge in [-0.2, -0.15) is 0 Å². The fraction of sp³-hybridized carbons (Fsp3) is 0.455. The van der Waals surface area contributed by atoms with Crippen molar-refractivity contribution in [1.82, 2.24) is 0 Å². The Morgan fingerprint density at radius 2 is 1.97 bits per heavy atom. The number of aromatic carboxylic acids is 1. The van der Waals surface area contributed by atoms with Crippen LogP contribution < -0.4 is 4.90 Å². The summed E-state index contributed by atoms with van der Waals surface area (Å²) in [6, 6.07) is 7.29. The maximum atomic E-state index is 13.6. The molecule has 0 aliphatic heterocycles. The van der Waals surface area contributed by atoms with Crippen molar-refractivity contribution in [1.29, 1.82) is 0 Å². The van der Waals surface area contributed by atoms with Crippen LogP contribution in [0, 0.1) is 17.7 Å². The summed E-state index contributed by atoms with van der Waals surface area (Å²) in [5.41, 5.74) is 0.860. The summed E-state index contributed by atoms with van der Waals surface area (Å²) in [6.07, 6.45) is 1.26. The first kappa shape index (κ1) is 21.5. The molecule has 1 fully saturated rings. The molecule has 1 aliphatic carbocycles. The van der Waals surface area contributed by atoms with Gasteiger partial charge in [0.2, 0.25) is 5.91 Å². The van der Waals surface area contributed by atoms with Gasteiger partial charge in [-0.15, -0.1) is 11.3 Å². The van der Waals surface area contributed by atoms with Gasteiger partial charge in [0.25, 0.3) is 0 Å². The van der Waals surface area contributed by atoms with Crippen molar-refractivity contribution in [2.24, 2.45) is 11.8 Å². The number of carbonyl (C=O) groups is 2. The first-order valence-corrected chi connectivity index (χ1v) is 10.6. The van der Waals surface area contributed by atoms with E-state index in [0.29, 0.717) is 34.9 Å². The third kappa shape index (κ3) is 4.51. The molecule has 1 aliphatic rings. The van der Waals surface area contributed by atoms with E-state index in [2.05, 4.69) is 6.92 Å². The highest BCUT2D eigenvalue weighted by atomic mass is 32.1. The van der Waals surface area contributed by atoms with Gasteiger partial charge in [-0.3, -0.25) is 4.79 Å². The molecule has 2 aromatic rings. The predicted molar refractivity (Wildman–Crippen MR) is 112 cm³/mol. The van der Waals surface area contributed by atoms with E-state index in [4.69, 9.17) is 0 Å². The van der Waals surface area contributed by atoms with E-state index in [1.54, 1.807) is 18.2 Å². The second-order valence-electron chi connectivity index (χ2n) is 8.03. The van der Waals surface area contributed by atoms with Crippen molar-refractivity contribution in [2.75, 3.05) is 4.90 Å². The second kappa shape index (κ2) is 8.63. The van der Waals surface area contributed by atoms with Crippen molar-refractivity contribution in [3.8, 4) is 10.4 Å². The molecule has 0 saturated heterocycles. The minimum Gasteiger partial charge on any atom is -0.477 e. The minimum atomic E-state index is -1.14. The van der Waals surface area contributed by atoms with Crippen molar-refractivity contribution in [3.63, 3.8) is 0 Å². The van der Waals surface area contributed by atoms with Gasteiger partial charge < -0.3 is 15.1 Å². The number of nitrogens with zero attached hydrogens (tertiary/aromatic N) is 1. The Morgan fingerprint density at radius 3 is 2.55 bits per heavy atom. The molecular weight excluding hydrogens is 393 g/mol. The van der Waals surface area contributed by atoms with E-state index in [1.807, 2.05) is 13.8 Å². The van der Waals surface area contributed by atoms with Gasteiger partial charge in [0.1, 0.15) is 10.7 Å². The summed E-state index contributed by atoms with van der Waals surface area (Å²) in [6.45, 7) is 5.69. The van der Waals surface area contributed by atoms with Gasteiger partial charge in [-0.25, -0.2) is 9.18 Å². The van der Waals surface area contributed by atoms with Crippen LogP contribution in [-0.2, 0) is 4.79 Å². The monoisotopic (exact) mass is 419 g/mol. The number of carbonyl (C=O) groups excluding carboxylic acids is 1. The highest BCUT2D eigenvalue weighted by Crippen LogP contribution is 2.40. The summed E-state index contributed by atoms with van der Waals surface area (Å²) in [7, 11) is 0. The Morgan fingerprint density at radius 1 is 1.24 bits per heavy atom. The standard InChI is InChI=1S/C22H26FNO4S/c1-12(2)24(21(26)16-8-7-13(3)9-18(16)25)17-11-19(29-20(17)22(27)28)14-5-4-6-15(23)10-14/h4-6,10-13,16,18,25H,7-9H2,1-3H3,(H,27,28). The lowest BCUT2D eigenvalue weighted by molar-refractivity contribution is -0.128. The zero-order valence-corrected chi connectivity index (χ0v) is 17.6. The second-order valence-corrected chi connectivity index (χ2v) is 9.09. The molecule has 0 spiro atoms. The number of hydrogen-bond acceptors (Lipinski definition) is 4. The van der Waals surface area contributed by atoms with Gasteiger partial charge in [-0.05, 0) is 62.8 Å². The quantitative estimate of drug-likeness (QED) is 0.730. The van der Waals surface area contributed by atoms with E-state index >= 15 is 0 Å². The summed E-state index contributed by atoms with van der Waals surface area (Å²) < 4.78 is 13.6. The molecule has 0 bridgehead atoms. The molecule has 1 amide bonds. The summed E-state index contributed by atoms with van der Waals surface area (Å²) >= 11 is 1.02. The Balaban J connectivity index is 2.02. The van der Waals surface area contributed by atoms with Crippen LogP contribution in [0.3, 0.4) is 0 Å². The first-order valence-electron chi connectivity index (χ1n) is 9.83. The number of benzene rings is 1. The predicted octanol–water partition coefficient (Wildman–Crippen LogP) is 4.79. The number of thiophene rings is 1. The minimum absolute atomic E-state index is 0.0324. The van der Waals surface area contributed by atoms with E-state index in [0.717, 1.165) is 17.8 Å². The van der Waals surface area contributed by atoms with E-state index in [-0.39, 0.29) is 16.8 Å². The molecule has 2 N–H and O–H groups in total. The SMILES string of the molecule is CC1CCC(C(=O)N(c2cc(-c3cccc(F)c3)sc2C(=O)O)C(C)C)C(O)C1. The molecular formula is C22H26FNO4S. The molecule has 1 heterocycles. The third-order valence-electron chi connectivity index (χ3n) is 5.43. The number of halogens is 1. The smallest absolute Gasteiger partial charge is 0.348 e. The van der Waals surface area contributed by atoms with Gasteiger partial charge in [0, 0.05) is 10.9 Å². The maximum Gasteiger partial charge on any atom is 0.348 e. The molecule has 5 nitrogen and oxygen atoms in total. The van der Waals surface area contributed by atoms with Crippen LogP contribution in [0.15, 0.2) is 30.3 Å². The molecule has 3 atom stereocenters. The molecule has 0 radical (unpaired) electrons. The largest absolute Gasteiger partial charge is 0.477 e. The van der Waals surface area contributed by atoms with Crippen molar-refractivity contribution in [3.05, 3.63) is 41.0 Å². The number of aliphatic hydroxyl groups excluding tert-OH is 1. The van der Waals surface area contributed by atoms with Gasteiger partial charge in [-0.1, -0.05) is 19.1 Å². The molecule has 3 unspecified atom stereocenters. The molecule has 156 valence electrons. The van der Waals surface area contributed by atoms with Crippen molar-refractivity contribution >= 4 is 28.9 Å². The zero-order chi connectivity index (χ0) is 21.3. The van der Waals surface area contributed by atoms with Gasteiger partial charge in [0.05, 0.1) is 17.7 Å². The van der Waals surface area contributed by atoms with Crippen LogP contribution in [0.1, 0.15) is 49.7 Å². The number of aliphatic hydroxyl groups is 1. The highest BCUT2D eigenvalue weighted by molar-refractivity contribution is 7.18. The summed E-state index contributed by atoms with van der Waals surface area (Å²) in [5, 5.41) is 20.2. The van der Waals surface area contributed by atoms with Crippen LogP contribution >= 0.6 is 11.3 Å². The summed E-state index contributed by atoms with van der Waals surface area (Å²) in [5.74, 6) is -2.00. The number of amides is 1. The van der Waals surface area contributed by atoms with E-state index in [9.17, 15) is 24.2 Å². The number of hydrogen-bond donors (Lipinski definition) is 2. The van der Waals surface area contributed by atoms with E-state index in [1.165, 1.54) is 17.0 Å². The number of carboxylic acids is 1. The molecule has 1 saturated carbocycles. The topological polar surface area (TPSA) is 77.8 Å². The fourth-order valence-corrected chi connectivity index (χ4v) is 4.95. The maximum absolute atomic E-state index is 13.6. The average molecular weight is 420 g/mol. The fourth-order valence-electron chi connectivity index (χ4n) is 3.97. The van der Waals surface area contributed by atoms with Crippen LogP contribution in [0.4, 0.5) is 10.1 Å². The summed E-state index contributed by atoms with van der Waals surface area (Å²) in [4.78, 5) is 27.4. The third-order valence-corrected chi connectivity index (χ3v) is 6.59. The Kier molecular flexibility index (Phi) is 6.39. The molecule has 29 heavy (non-hydrogen) atoms. The van der Waals surface area contributed by atoms with Gasteiger partial charge >= 0.3 is 5.97 Å². The van der Waals surface area contributed by atoms with Gasteiger partial charge in [0.15, 0.2) is 0 Å². The normalized spacial score (nSPS) is 21.9. The van der Waals surface area contributed by atoms with Crippen LogP contribution in [0.5, 0.6) is 0 Å². The molecule has 3 rings (SSSR count). The molecule has 1 aromatic heterocycles. The number of carboxylic acid groups (broad SMARTS) is 1. The van der Waals surface area contributed by atoms with Crippen LogP contribution in [-0.4, -0.2) is 34.2 Å². The lowest BCUT2D eigenvalue weighted by Gasteiger charge is -2.36. The van der Waals surface area contributed by atoms with Crippen LogP contribution in [0.2, 0.25) is 0 Å². The molecule has 1 aromatic carbocycles. The Labute approximate surface area is 173 Å². The van der Waals surface area contributed by atoms with Crippen molar-refractivity contribution < 1.29 is 24.2 Å². The lowest BCUT2D eigenvalue weighted by Crippen LogP contribution is -2.46. The highest BCUT2D eigenvalue weighted by Gasteiger charge is 2.38.